The number of carbonyl (C=O) groups excluding carboxylic acids is 1. The van der Waals surface area contributed by atoms with Gasteiger partial charge in [-0.2, -0.15) is 5.10 Å². The molecule has 0 spiro atoms. The van der Waals surface area contributed by atoms with E-state index in [0.29, 0.717) is 0 Å². The fourth-order valence-electron chi connectivity index (χ4n) is 1.03. The van der Waals surface area contributed by atoms with Gasteiger partial charge in [0.05, 0.1) is 6.21 Å². The molecule has 0 saturated heterocycles. The highest BCUT2D eigenvalue weighted by Crippen LogP contribution is 2.03. The minimum Gasteiger partial charge on any atom is -0.273 e. The van der Waals surface area contributed by atoms with Crippen LogP contribution in [0.4, 0.5) is 0 Å². The predicted molar refractivity (Wildman–Crippen MR) is 61.8 cm³/mol. The monoisotopic (exact) mass is 204 g/mol. The van der Waals surface area contributed by atoms with Gasteiger partial charge in [-0.15, -0.1) is 0 Å². The molecule has 1 amide bonds. The summed E-state index contributed by atoms with van der Waals surface area (Å²) in [5.74, 6) is -0.112. The van der Waals surface area contributed by atoms with Crippen LogP contribution in [0.2, 0.25) is 0 Å². The van der Waals surface area contributed by atoms with Gasteiger partial charge in [0.2, 0.25) is 5.91 Å². The van der Waals surface area contributed by atoms with Crippen molar-refractivity contribution in [3.05, 3.63) is 35.4 Å². The van der Waals surface area contributed by atoms with Gasteiger partial charge in [-0.3, -0.25) is 4.79 Å². The SMILES string of the molecule is Cc1ccccc1C=NNC(=O)C(C)C. The molecular weight excluding hydrogens is 188 g/mol. The molecule has 0 saturated carbocycles. The number of carbonyl (C=O) groups is 1. The number of hydrogen-bond acceptors (Lipinski definition) is 2. The molecule has 3 nitrogen and oxygen atoms in total. The predicted octanol–water partition coefficient (Wildman–Crippen LogP) is 2.10. The first-order valence-corrected chi connectivity index (χ1v) is 5.00. The molecule has 0 radical (unpaired) electrons. The molecule has 0 aliphatic carbocycles. The fourth-order valence-corrected chi connectivity index (χ4v) is 1.03. The van der Waals surface area contributed by atoms with Crippen LogP contribution in [0.3, 0.4) is 0 Å². The van der Waals surface area contributed by atoms with E-state index in [9.17, 15) is 4.79 Å². The zero-order valence-corrected chi connectivity index (χ0v) is 9.32. The second-order valence-corrected chi connectivity index (χ2v) is 3.75. The Labute approximate surface area is 90.2 Å². The zero-order valence-electron chi connectivity index (χ0n) is 9.32. The standard InChI is InChI=1S/C12H16N2O/c1-9(2)12(15)14-13-8-11-7-5-4-6-10(11)3/h4-9H,1-3H3,(H,14,15). The number of hydrogen-bond donors (Lipinski definition) is 1. The van der Waals surface area contributed by atoms with Crippen LogP contribution in [0.5, 0.6) is 0 Å². The number of benzene rings is 1. The number of amides is 1. The second kappa shape index (κ2) is 5.29. The Bertz CT molecular complexity index is 370. The smallest absolute Gasteiger partial charge is 0.242 e. The average molecular weight is 204 g/mol. The molecule has 1 aromatic carbocycles. The summed E-state index contributed by atoms with van der Waals surface area (Å²) in [7, 11) is 0. The zero-order chi connectivity index (χ0) is 11.3. The van der Waals surface area contributed by atoms with Crippen molar-refractivity contribution in [2.45, 2.75) is 20.8 Å². The van der Waals surface area contributed by atoms with Crippen molar-refractivity contribution in [3.8, 4) is 0 Å². The van der Waals surface area contributed by atoms with Gasteiger partial charge < -0.3 is 0 Å². The van der Waals surface area contributed by atoms with Gasteiger partial charge >= 0.3 is 0 Å². The lowest BCUT2D eigenvalue weighted by Gasteiger charge is -2.02. The van der Waals surface area contributed by atoms with Crippen molar-refractivity contribution in [1.29, 1.82) is 0 Å². The van der Waals surface area contributed by atoms with Crippen LogP contribution in [-0.2, 0) is 4.79 Å². The molecule has 1 aromatic rings. The Balaban J connectivity index is 2.59. The normalized spacial score (nSPS) is 10.9. The fraction of sp³-hybridized carbons (Fsp3) is 0.333. The number of nitrogens with zero attached hydrogens (tertiary/aromatic N) is 1. The number of aryl methyl sites for hydroxylation is 1. The molecule has 0 aliphatic rings. The van der Waals surface area contributed by atoms with Crippen LogP contribution in [0.1, 0.15) is 25.0 Å². The van der Waals surface area contributed by atoms with Crippen molar-refractivity contribution in [3.63, 3.8) is 0 Å². The molecule has 0 aromatic heterocycles. The molecule has 80 valence electrons. The lowest BCUT2D eigenvalue weighted by Crippen LogP contribution is -2.22. The van der Waals surface area contributed by atoms with Crippen LogP contribution in [0.15, 0.2) is 29.4 Å². The number of nitrogens with one attached hydrogen (secondary N) is 1. The van der Waals surface area contributed by atoms with Crippen LogP contribution < -0.4 is 5.43 Å². The van der Waals surface area contributed by atoms with Crippen molar-refractivity contribution in [2.75, 3.05) is 0 Å². The third-order valence-corrected chi connectivity index (χ3v) is 2.09. The molecule has 0 heterocycles. The van der Waals surface area contributed by atoms with Gasteiger partial charge in [-0.05, 0) is 18.1 Å². The topological polar surface area (TPSA) is 41.5 Å². The van der Waals surface area contributed by atoms with Crippen LogP contribution >= 0.6 is 0 Å². The number of hydrazone groups is 1. The van der Waals surface area contributed by atoms with Crippen molar-refractivity contribution in [1.82, 2.24) is 5.43 Å². The van der Waals surface area contributed by atoms with E-state index in [1.165, 1.54) is 0 Å². The van der Waals surface area contributed by atoms with E-state index in [1.807, 2.05) is 45.0 Å². The highest BCUT2D eigenvalue weighted by molar-refractivity contribution is 5.84. The molecule has 3 heteroatoms. The molecule has 1 rings (SSSR count). The van der Waals surface area contributed by atoms with E-state index in [-0.39, 0.29) is 11.8 Å². The van der Waals surface area contributed by atoms with E-state index in [1.54, 1.807) is 6.21 Å². The first kappa shape index (κ1) is 11.4. The highest BCUT2D eigenvalue weighted by Gasteiger charge is 2.03. The maximum atomic E-state index is 11.2. The molecular formula is C12H16N2O. The van der Waals surface area contributed by atoms with Gasteiger partial charge in [-0.25, -0.2) is 5.43 Å². The van der Waals surface area contributed by atoms with Crippen LogP contribution in [0, 0.1) is 12.8 Å². The van der Waals surface area contributed by atoms with E-state index >= 15 is 0 Å². The quantitative estimate of drug-likeness (QED) is 0.594. The first-order chi connectivity index (χ1) is 7.11. The Kier molecular flexibility index (Phi) is 4.03. The minimum absolute atomic E-state index is 0.0426. The Morgan fingerprint density at radius 3 is 2.67 bits per heavy atom. The molecule has 1 N–H and O–H groups in total. The summed E-state index contributed by atoms with van der Waals surface area (Å²) < 4.78 is 0. The minimum atomic E-state index is -0.0696. The average Bonchev–Trinajstić information content (AvgIpc) is 2.20. The molecule has 0 aliphatic heterocycles. The summed E-state index contributed by atoms with van der Waals surface area (Å²) in [6.45, 7) is 5.67. The molecule has 0 fully saturated rings. The van der Waals surface area contributed by atoms with Gasteiger partial charge in [0, 0.05) is 5.92 Å². The van der Waals surface area contributed by atoms with Gasteiger partial charge in [-0.1, -0.05) is 38.1 Å². The Morgan fingerprint density at radius 2 is 2.07 bits per heavy atom. The van der Waals surface area contributed by atoms with Crippen molar-refractivity contribution in [2.24, 2.45) is 11.0 Å². The van der Waals surface area contributed by atoms with Crippen LogP contribution in [0.25, 0.3) is 0 Å². The maximum Gasteiger partial charge on any atom is 0.242 e. The van der Waals surface area contributed by atoms with E-state index in [0.717, 1.165) is 11.1 Å². The van der Waals surface area contributed by atoms with E-state index in [2.05, 4.69) is 10.5 Å². The lowest BCUT2D eigenvalue weighted by molar-refractivity contribution is -0.123. The molecule has 15 heavy (non-hydrogen) atoms. The highest BCUT2D eigenvalue weighted by atomic mass is 16.2. The lowest BCUT2D eigenvalue weighted by atomic mass is 10.1. The van der Waals surface area contributed by atoms with Gasteiger partial charge in [0.1, 0.15) is 0 Å². The summed E-state index contributed by atoms with van der Waals surface area (Å²) in [5.41, 5.74) is 4.64. The molecule has 0 unspecified atom stereocenters. The van der Waals surface area contributed by atoms with E-state index in [4.69, 9.17) is 0 Å². The van der Waals surface area contributed by atoms with Crippen molar-refractivity contribution >= 4 is 12.1 Å². The summed E-state index contributed by atoms with van der Waals surface area (Å²) >= 11 is 0. The third kappa shape index (κ3) is 3.54. The largest absolute Gasteiger partial charge is 0.273 e. The second-order valence-electron chi connectivity index (χ2n) is 3.75. The van der Waals surface area contributed by atoms with Gasteiger partial charge in [0.15, 0.2) is 0 Å². The van der Waals surface area contributed by atoms with Crippen LogP contribution in [-0.4, -0.2) is 12.1 Å². The first-order valence-electron chi connectivity index (χ1n) is 5.00. The summed E-state index contributed by atoms with van der Waals surface area (Å²) in [4.78, 5) is 11.2. The van der Waals surface area contributed by atoms with Crippen molar-refractivity contribution < 1.29 is 4.79 Å². The van der Waals surface area contributed by atoms with E-state index < -0.39 is 0 Å². The third-order valence-electron chi connectivity index (χ3n) is 2.09. The molecule has 0 bridgehead atoms. The number of rotatable bonds is 3. The summed E-state index contributed by atoms with van der Waals surface area (Å²) in [6.07, 6.45) is 1.66. The maximum absolute atomic E-state index is 11.2. The molecule has 0 atom stereocenters. The van der Waals surface area contributed by atoms with Gasteiger partial charge in [0.25, 0.3) is 0 Å². The Morgan fingerprint density at radius 1 is 1.40 bits per heavy atom. The Hall–Kier alpha value is -1.64. The summed E-state index contributed by atoms with van der Waals surface area (Å²) in [5, 5.41) is 3.90. The summed E-state index contributed by atoms with van der Waals surface area (Å²) in [6, 6.07) is 7.88.